The van der Waals surface area contributed by atoms with Crippen LogP contribution in [-0.4, -0.2) is 22.8 Å². The molecule has 1 amide bonds. The number of rotatable bonds is 5. The van der Waals surface area contributed by atoms with Crippen LogP contribution >= 0.6 is 11.6 Å². The van der Waals surface area contributed by atoms with E-state index in [4.69, 9.17) is 17.3 Å². The molecule has 0 fully saturated rings. The average Bonchev–Trinajstić information content (AvgIpc) is 2.57. The summed E-state index contributed by atoms with van der Waals surface area (Å²) in [7, 11) is 1.75. The molecule has 1 heterocycles. The lowest BCUT2D eigenvalue weighted by Gasteiger charge is -2.26. The van der Waals surface area contributed by atoms with E-state index in [2.05, 4.69) is 4.98 Å². The summed E-state index contributed by atoms with van der Waals surface area (Å²) in [5.41, 5.74) is 7.64. The molecule has 6 heteroatoms. The number of carbonyl (C=O) groups is 1. The number of aromatic nitrogens is 1. The highest BCUT2D eigenvalue weighted by Crippen LogP contribution is 2.29. The van der Waals surface area contributed by atoms with Crippen molar-refractivity contribution in [1.29, 1.82) is 0 Å². The van der Waals surface area contributed by atoms with Crippen LogP contribution in [0.5, 0.6) is 0 Å². The van der Waals surface area contributed by atoms with Crippen molar-refractivity contribution < 1.29 is 9.18 Å². The van der Waals surface area contributed by atoms with Crippen LogP contribution in [0.25, 0.3) is 10.9 Å². The summed E-state index contributed by atoms with van der Waals surface area (Å²) < 4.78 is 13.6. The van der Waals surface area contributed by atoms with Crippen LogP contribution in [0, 0.1) is 5.82 Å². The average molecular weight is 358 g/mol. The van der Waals surface area contributed by atoms with Crippen molar-refractivity contribution in [2.75, 3.05) is 7.05 Å². The minimum Gasteiger partial charge on any atom is -0.368 e. The van der Waals surface area contributed by atoms with Gasteiger partial charge < -0.3 is 5.73 Å². The van der Waals surface area contributed by atoms with E-state index in [9.17, 15) is 9.18 Å². The summed E-state index contributed by atoms with van der Waals surface area (Å²) in [6, 6.07) is 12.6. The zero-order valence-electron chi connectivity index (χ0n) is 13.6. The molecule has 0 aliphatic carbocycles. The first-order valence-electron chi connectivity index (χ1n) is 7.74. The van der Waals surface area contributed by atoms with Gasteiger partial charge in [-0.3, -0.25) is 14.7 Å². The molecule has 0 saturated carbocycles. The molecule has 0 radical (unpaired) electrons. The summed E-state index contributed by atoms with van der Waals surface area (Å²) in [6.07, 6.45) is 1.69. The van der Waals surface area contributed by atoms with Gasteiger partial charge in [-0.2, -0.15) is 0 Å². The largest absolute Gasteiger partial charge is 0.368 e. The van der Waals surface area contributed by atoms with Gasteiger partial charge in [0.15, 0.2) is 0 Å². The van der Waals surface area contributed by atoms with E-state index >= 15 is 0 Å². The number of hydrogen-bond donors (Lipinski definition) is 1. The number of fused-ring (bicyclic) bond motifs is 1. The molecule has 3 aromatic rings. The maximum atomic E-state index is 13.6. The maximum absolute atomic E-state index is 13.6. The Morgan fingerprint density at radius 2 is 2.08 bits per heavy atom. The molecule has 0 saturated heterocycles. The van der Waals surface area contributed by atoms with Crippen LogP contribution in [0.3, 0.4) is 0 Å². The Morgan fingerprint density at radius 1 is 1.28 bits per heavy atom. The second-order valence-electron chi connectivity index (χ2n) is 5.88. The number of hydrogen-bond acceptors (Lipinski definition) is 3. The van der Waals surface area contributed by atoms with Crippen molar-refractivity contribution in [3.05, 3.63) is 76.7 Å². The van der Waals surface area contributed by atoms with Gasteiger partial charge in [-0.25, -0.2) is 4.39 Å². The number of carbonyl (C=O) groups excluding carboxylic acids is 1. The molecule has 0 aliphatic heterocycles. The fraction of sp³-hybridized carbons (Fsp3) is 0.158. The third-order valence-electron chi connectivity index (χ3n) is 4.10. The van der Waals surface area contributed by atoms with Gasteiger partial charge in [0, 0.05) is 28.7 Å². The van der Waals surface area contributed by atoms with Crippen molar-refractivity contribution >= 4 is 28.4 Å². The zero-order chi connectivity index (χ0) is 18.0. The Balaban J connectivity index is 1.99. The Hall–Kier alpha value is -2.50. The van der Waals surface area contributed by atoms with Gasteiger partial charge >= 0.3 is 0 Å². The lowest BCUT2D eigenvalue weighted by molar-refractivity contribution is -0.123. The SMILES string of the molecule is CN(Cc1c(Cl)ccc2cccnc12)C(C(N)=O)c1cccc(F)c1. The van der Waals surface area contributed by atoms with E-state index < -0.39 is 17.8 Å². The summed E-state index contributed by atoms with van der Waals surface area (Å²) >= 11 is 6.36. The lowest BCUT2D eigenvalue weighted by atomic mass is 10.0. The molecule has 4 nitrogen and oxygen atoms in total. The molecule has 1 atom stereocenters. The number of nitrogens with two attached hydrogens (primary N) is 1. The van der Waals surface area contributed by atoms with Crippen molar-refractivity contribution in [1.82, 2.24) is 9.88 Å². The number of likely N-dealkylation sites (N-methyl/N-ethyl adjacent to an activating group) is 1. The van der Waals surface area contributed by atoms with Crippen LogP contribution in [0.4, 0.5) is 4.39 Å². The zero-order valence-corrected chi connectivity index (χ0v) is 14.4. The van der Waals surface area contributed by atoms with E-state index in [-0.39, 0.29) is 0 Å². The van der Waals surface area contributed by atoms with Crippen molar-refractivity contribution in [2.24, 2.45) is 5.73 Å². The van der Waals surface area contributed by atoms with Gasteiger partial charge in [-0.1, -0.05) is 35.9 Å². The Morgan fingerprint density at radius 3 is 2.80 bits per heavy atom. The predicted octanol–water partition coefficient (Wildman–Crippen LogP) is 3.69. The Bertz CT molecular complexity index is 931. The predicted molar refractivity (Wildman–Crippen MR) is 96.6 cm³/mol. The maximum Gasteiger partial charge on any atom is 0.239 e. The third-order valence-corrected chi connectivity index (χ3v) is 4.46. The Kier molecular flexibility index (Phi) is 4.97. The van der Waals surface area contributed by atoms with Crippen LogP contribution in [-0.2, 0) is 11.3 Å². The minimum absolute atomic E-state index is 0.345. The van der Waals surface area contributed by atoms with E-state index in [1.165, 1.54) is 12.1 Å². The minimum atomic E-state index is -0.772. The van der Waals surface area contributed by atoms with Crippen LogP contribution in [0.2, 0.25) is 5.02 Å². The highest BCUT2D eigenvalue weighted by molar-refractivity contribution is 6.32. The number of benzene rings is 2. The van der Waals surface area contributed by atoms with Crippen LogP contribution in [0.1, 0.15) is 17.2 Å². The Labute approximate surface area is 150 Å². The van der Waals surface area contributed by atoms with Gasteiger partial charge in [0.1, 0.15) is 11.9 Å². The number of nitrogens with zero attached hydrogens (tertiary/aromatic N) is 2. The van der Waals surface area contributed by atoms with E-state index in [0.717, 1.165) is 16.5 Å². The molecule has 128 valence electrons. The summed E-state index contributed by atoms with van der Waals surface area (Å²) in [4.78, 5) is 18.1. The quantitative estimate of drug-likeness (QED) is 0.757. The third kappa shape index (κ3) is 3.62. The molecule has 25 heavy (non-hydrogen) atoms. The molecular formula is C19H17ClFN3O. The molecule has 0 aliphatic rings. The lowest BCUT2D eigenvalue weighted by Crippen LogP contribution is -2.35. The smallest absolute Gasteiger partial charge is 0.239 e. The molecular weight excluding hydrogens is 341 g/mol. The van der Waals surface area contributed by atoms with E-state index in [0.29, 0.717) is 17.1 Å². The molecule has 0 bridgehead atoms. The monoisotopic (exact) mass is 357 g/mol. The normalized spacial score (nSPS) is 12.5. The summed E-state index contributed by atoms with van der Waals surface area (Å²) in [5, 5.41) is 1.51. The standard InChI is InChI=1S/C19H17ClFN3O/c1-24(18(19(22)25)13-4-2-6-14(21)10-13)11-15-16(20)8-7-12-5-3-9-23-17(12)15/h2-10,18H,11H2,1H3,(H2,22,25). The van der Waals surface area contributed by atoms with Crippen molar-refractivity contribution in [2.45, 2.75) is 12.6 Å². The molecule has 2 aromatic carbocycles. The van der Waals surface area contributed by atoms with Gasteiger partial charge in [0.05, 0.1) is 5.52 Å². The van der Waals surface area contributed by atoms with Gasteiger partial charge in [0.2, 0.25) is 5.91 Å². The molecule has 1 unspecified atom stereocenters. The van der Waals surface area contributed by atoms with Crippen molar-refractivity contribution in [3.8, 4) is 0 Å². The van der Waals surface area contributed by atoms with Crippen LogP contribution in [0.15, 0.2) is 54.7 Å². The summed E-state index contributed by atoms with van der Waals surface area (Å²) in [6.45, 7) is 0.345. The topological polar surface area (TPSA) is 59.2 Å². The molecule has 0 spiro atoms. The van der Waals surface area contributed by atoms with Crippen LogP contribution < -0.4 is 5.73 Å². The first-order chi connectivity index (χ1) is 12.0. The molecule has 3 rings (SSSR count). The highest BCUT2D eigenvalue weighted by atomic mass is 35.5. The first-order valence-corrected chi connectivity index (χ1v) is 8.12. The fourth-order valence-corrected chi connectivity index (χ4v) is 3.20. The molecule has 1 aromatic heterocycles. The van der Waals surface area contributed by atoms with Gasteiger partial charge in [-0.15, -0.1) is 0 Å². The van der Waals surface area contributed by atoms with E-state index in [1.807, 2.05) is 18.2 Å². The fourth-order valence-electron chi connectivity index (χ4n) is 2.98. The second kappa shape index (κ2) is 7.17. The number of amides is 1. The van der Waals surface area contributed by atoms with Crippen molar-refractivity contribution in [3.63, 3.8) is 0 Å². The van der Waals surface area contributed by atoms with Gasteiger partial charge in [0.25, 0.3) is 0 Å². The number of pyridine rings is 1. The first kappa shape index (κ1) is 17.3. The summed E-state index contributed by atoms with van der Waals surface area (Å²) in [5.74, 6) is -0.973. The second-order valence-corrected chi connectivity index (χ2v) is 6.28. The van der Waals surface area contributed by atoms with Gasteiger partial charge in [-0.05, 0) is 36.9 Å². The van der Waals surface area contributed by atoms with E-state index in [1.54, 1.807) is 36.3 Å². The number of halogens is 2. The number of primary amides is 1. The molecule has 2 N–H and O–H groups in total. The highest BCUT2D eigenvalue weighted by Gasteiger charge is 2.24.